The Morgan fingerprint density at radius 3 is 2.31 bits per heavy atom. The monoisotopic (exact) mass is 193 g/mol. The van der Waals surface area contributed by atoms with Gasteiger partial charge in [0.1, 0.15) is 0 Å². The van der Waals surface area contributed by atoms with Crippen molar-refractivity contribution in [3.05, 3.63) is 0 Å². The molecular formula is C9H14F3N. The Kier molecular flexibility index (Phi) is 2.06. The van der Waals surface area contributed by atoms with Crippen molar-refractivity contribution >= 4 is 0 Å². The number of hydrogen-bond acceptors (Lipinski definition) is 1. The summed E-state index contributed by atoms with van der Waals surface area (Å²) < 4.78 is 37.3. The maximum absolute atomic E-state index is 12.4. The summed E-state index contributed by atoms with van der Waals surface area (Å²) in [4.78, 5) is 0. The van der Waals surface area contributed by atoms with E-state index < -0.39 is 12.1 Å². The Balaban J connectivity index is 1.97. The topological polar surface area (TPSA) is 26.0 Å². The van der Waals surface area contributed by atoms with Crippen LogP contribution in [0, 0.1) is 23.7 Å². The molecule has 0 aromatic carbocycles. The molecule has 4 atom stereocenters. The largest absolute Gasteiger partial charge is 0.392 e. The van der Waals surface area contributed by atoms with Crippen LogP contribution >= 0.6 is 0 Å². The van der Waals surface area contributed by atoms with Gasteiger partial charge < -0.3 is 5.73 Å². The molecule has 2 fully saturated rings. The molecule has 2 rings (SSSR count). The zero-order chi connectivity index (χ0) is 9.64. The van der Waals surface area contributed by atoms with Gasteiger partial charge in [-0.25, -0.2) is 0 Å². The Morgan fingerprint density at radius 1 is 1.15 bits per heavy atom. The second-order valence-electron chi connectivity index (χ2n) is 4.28. The first kappa shape index (κ1) is 9.31. The molecule has 1 nitrogen and oxygen atoms in total. The van der Waals surface area contributed by atoms with Gasteiger partial charge in [0, 0.05) is 0 Å². The van der Waals surface area contributed by atoms with Crippen LogP contribution in [-0.2, 0) is 0 Å². The zero-order valence-corrected chi connectivity index (χ0v) is 7.35. The van der Waals surface area contributed by atoms with Crippen LogP contribution in [0.4, 0.5) is 13.2 Å². The maximum Gasteiger partial charge on any atom is 0.392 e. The molecule has 0 bridgehead atoms. The highest BCUT2D eigenvalue weighted by molar-refractivity contribution is 5.04. The first-order valence-corrected chi connectivity index (χ1v) is 4.81. The molecular weight excluding hydrogens is 179 g/mol. The van der Waals surface area contributed by atoms with Gasteiger partial charge in [-0.3, -0.25) is 0 Å². The first-order chi connectivity index (χ1) is 6.04. The molecule has 0 saturated heterocycles. The van der Waals surface area contributed by atoms with E-state index in [2.05, 4.69) is 0 Å². The average molecular weight is 193 g/mol. The van der Waals surface area contributed by atoms with Gasteiger partial charge in [-0.1, -0.05) is 0 Å². The second-order valence-corrected chi connectivity index (χ2v) is 4.28. The number of halogens is 3. The van der Waals surface area contributed by atoms with Crippen molar-refractivity contribution < 1.29 is 13.2 Å². The van der Waals surface area contributed by atoms with E-state index >= 15 is 0 Å². The van der Waals surface area contributed by atoms with E-state index in [4.69, 9.17) is 5.73 Å². The standard InChI is InChI=1S/C9H14F3N/c10-9(11,12)8-3-5(1-2-13)6-4-7(6)8/h5-8H,1-4,13H2/t5?,6?,7-,8?/m1/s1. The van der Waals surface area contributed by atoms with Crippen molar-refractivity contribution in [1.29, 1.82) is 0 Å². The first-order valence-electron chi connectivity index (χ1n) is 4.81. The van der Waals surface area contributed by atoms with E-state index in [1.165, 1.54) is 0 Å². The molecule has 13 heavy (non-hydrogen) atoms. The van der Waals surface area contributed by atoms with Gasteiger partial charge in [0.2, 0.25) is 0 Å². The van der Waals surface area contributed by atoms with Gasteiger partial charge in [0.05, 0.1) is 5.92 Å². The molecule has 3 unspecified atom stereocenters. The minimum atomic E-state index is -3.97. The predicted octanol–water partition coefficient (Wildman–Crippen LogP) is 2.17. The maximum atomic E-state index is 12.4. The summed E-state index contributed by atoms with van der Waals surface area (Å²) in [6.07, 6.45) is -2.08. The number of rotatable bonds is 2. The number of nitrogens with two attached hydrogens (primary N) is 1. The molecule has 2 aliphatic rings. The quantitative estimate of drug-likeness (QED) is 0.714. The number of alkyl halides is 3. The fraction of sp³-hybridized carbons (Fsp3) is 1.00. The lowest BCUT2D eigenvalue weighted by Crippen LogP contribution is -2.23. The van der Waals surface area contributed by atoms with E-state index in [-0.39, 0.29) is 11.8 Å². The van der Waals surface area contributed by atoms with Gasteiger partial charge in [-0.15, -0.1) is 0 Å². The lowest BCUT2D eigenvalue weighted by atomic mass is 9.95. The molecule has 2 aliphatic carbocycles. The molecule has 0 amide bonds. The third kappa shape index (κ3) is 1.56. The van der Waals surface area contributed by atoms with Gasteiger partial charge in [-0.05, 0) is 43.6 Å². The average Bonchev–Trinajstić information content (AvgIpc) is 2.69. The summed E-state index contributed by atoms with van der Waals surface area (Å²) >= 11 is 0. The van der Waals surface area contributed by atoms with Crippen LogP contribution in [0.15, 0.2) is 0 Å². The van der Waals surface area contributed by atoms with Gasteiger partial charge in [0.15, 0.2) is 0 Å². The number of fused-ring (bicyclic) bond motifs is 1. The second kappa shape index (κ2) is 2.87. The van der Waals surface area contributed by atoms with E-state index in [0.717, 1.165) is 12.8 Å². The van der Waals surface area contributed by atoms with Crippen molar-refractivity contribution in [1.82, 2.24) is 0 Å². The highest BCUT2D eigenvalue weighted by atomic mass is 19.4. The summed E-state index contributed by atoms with van der Waals surface area (Å²) in [6.45, 7) is 0.526. The highest BCUT2D eigenvalue weighted by Gasteiger charge is 2.61. The van der Waals surface area contributed by atoms with Crippen LogP contribution in [0.3, 0.4) is 0 Å². The summed E-state index contributed by atoms with van der Waals surface area (Å²) in [5.41, 5.74) is 5.36. The fourth-order valence-electron chi connectivity index (χ4n) is 2.84. The third-order valence-electron chi connectivity index (χ3n) is 3.53. The minimum absolute atomic E-state index is 0.0588. The van der Waals surface area contributed by atoms with Crippen LogP contribution < -0.4 is 5.73 Å². The minimum Gasteiger partial charge on any atom is -0.330 e. The Labute approximate surface area is 75.5 Å². The molecule has 4 heteroatoms. The predicted molar refractivity (Wildman–Crippen MR) is 42.9 cm³/mol. The molecule has 0 radical (unpaired) electrons. The fourth-order valence-corrected chi connectivity index (χ4v) is 2.84. The highest BCUT2D eigenvalue weighted by Crippen LogP contribution is 2.63. The van der Waals surface area contributed by atoms with Crippen LogP contribution in [0.2, 0.25) is 0 Å². The molecule has 0 heterocycles. The van der Waals surface area contributed by atoms with E-state index in [1.54, 1.807) is 0 Å². The zero-order valence-electron chi connectivity index (χ0n) is 7.35. The van der Waals surface area contributed by atoms with Gasteiger partial charge >= 0.3 is 6.18 Å². The van der Waals surface area contributed by atoms with Crippen molar-refractivity contribution in [3.8, 4) is 0 Å². The van der Waals surface area contributed by atoms with E-state index in [0.29, 0.717) is 18.9 Å². The Hall–Kier alpha value is -0.250. The van der Waals surface area contributed by atoms with Crippen LogP contribution in [0.1, 0.15) is 19.3 Å². The van der Waals surface area contributed by atoms with Crippen LogP contribution in [-0.4, -0.2) is 12.7 Å². The lowest BCUT2D eigenvalue weighted by Gasteiger charge is -2.18. The van der Waals surface area contributed by atoms with Crippen molar-refractivity contribution in [2.75, 3.05) is 6.54 Å². The summed E-state index contributed by atoms with van der Waals surface area (Å²) in [5.74, 6) is -0.484. The summed E-state index contributed by atoms with van der Waals surface area (Å²) in [7, 11) is 0. The van der Waals surface area contributed by atoms with E-state index in [1.807, 2.05) is 0 Å². The normalized spacial score (nSPS) is 43.4. The SMILES string of the molecule is NCCC1CC(C(F)(F)F)[C@@H]2CC12. The molecule has 0 aromatic rings. The smallest absolute Gasteiger partial charge is 0.330 e. The molecule has 2 saturated carbocycles. The van der Waals surface area contributed by atoms with Crippen molar-refractivity contribution in [3.63, 3.8) is 0 Å². The van der Waals surface area contributed by atoms with E-state index in [9.17, 15) is 13.2 Å². The van der Waals surface area contributed by atoms with Crippen molar-refractivity contribution in [2.24, 2.45) is 29.4 Å². The summed E-state index contributed by atoms with van der Waals surface area (Å²) in [6, 6.07) is 0. The third-order valence-corrected chi connectivity index (χ3v) is 3.53. The lowest BCUT2D eigenvalue weighted by molar-refractivity contribution is -0.179. The molecule has 2 N–H and O–H groups in total. The molecule has 0 aliphatic heterocycles. The van der Waals surface area contributed by atoms with Crippen LogP contribution in [0.25, 0.3) is 0 Å². The Morgan fingerprint density at radius 2 is 1.85 bits per heavy atom. The van der Waals surface area contributed by atoms with Gasteiger partial charge in [0.25, 0.3) is 0 Å². The molecule has 76 valence electrons. The van der Waals surface area contributed by atoms with Crippen molar-refractivity contribution in [2.45, 2.75) is 25.4 Å². The van der Waals surface area contributed by atoms with Crippen LogP contribution in [0.5, 0.6) is 0 Å². The molecule has 0 spiro atoms. The molecule has 0 aromatic heterocycles. The number of hydrogen-bond donors (Lipinski definition) is 1. The Bertz CT molecular complexity index is 202. The summed E-state index contributed by atoms with van der Waals surface area (Å²) in [5, 5.41) is 0. The van der Waals surface area contributed by atoms with Gasteiger partial charge in [-0.2, -0.15) is 13.2 Å².